The highest BCUT2D eigenvalue weighted by Gasteiger charge is 2.25. The van der Waals surface area contributed by atoms with Crippen LogP contribution in [0.15, 0.2) is 12.1 Å². The van der Waals surface area contributed by atoms with Gasteiger partial charge in [-0.05, 0) is 37.9 Å². The highest BCUT2D eigenvalue weighted by molar-refractivity contribution is 6.60. The summed E-state index contributed by atoms with van der Waals surface area (Å²) in [6.45, 7) is 6.95. The molecule has 0 bridgehead atoms. The van der Waals surface area contributed by atoms with E-state index in [4.69, 9.17) is 0 Å². The fourth-order valence-corrected chi connectivity index (χ4v) is 2.05. The van der Waals surface area contributed by atoms with Gasteiger partial charge in [-0.25, -0.2) is 4.79 Å². The summed E-state index contributed by atoms with van der Waals surface area (Å²) in [5.74, 6) is -1.15. The van der Waals surface area contributed by atoms with E-state index in [9.17, 15) is 19.9 Å². The summed E-state index contributed by atoms with van der Waals surface area (Å²) in [6.07, 6.45) is 0. The average Bonchev–Trinajstić information content (AvgIpc) is 2.29. The van der Waals surface area contributed by atoms with Crippen LogP contribution in [0.3, 0.4) is 0 Å². The Morgan fingerprint density at radius 3 is 2.22 bits per heavy atom. The molecule has 0 heterocycles. The number of rotatable bonds is 5. The Kier molecular flexibility index (Phi) is 4.75. The minimum atomic E-state index is -1.79. The van der Waals surface area contributed by atoms with Crippen LogP contribution in [0.2, 0.25) is 0 Å². The number of carbonyl (C=O) groups is 1. The first-order valence-electron chi connectivity index (χ1n) is 5.91. The SMILES string of the molecule is CCN(CC)c1cc(C)cc(B(O)O)c1C(=O)O. The molecule has 0 aliphatic rings. The van der Waals surface area contributed by atoms with Gasteiger partial charge in [0.05, 0.1) is 11.3 Å². The standard InChI is InChI=1S/C12H18BNO4/c1-4-14(5-2)10-7-8(3)6-9(13(17)18)11(10)12(15)16/h6-7,17-18H,4-5H2,1-3H3,(H,15,16). The number of aromatic carboxylic acids is 1. The molecule has 1 aromatic rings. The van der Waals surface area contributed by atoms with Crippen LogP contribution in [-0.2, 0) is 0 Å². The third kappa shape index (κ3) is 2.83. The van der Waals surface area contributed by atoms with E-state index in [1.165, 1.54) is 6.07 Å². The molecule has 1 aromatic carbocycles. The van der Waals surface area contributed by atoms with Crippen molar-refractivity contribution >= 4 is 24.2 Å². The lowest BCUT2D eigenvalue weighted by atomic mass is 9.75. The maximum atomic E-state index is 11.3. The maximum Gasteiger partial charge on any atom is 0.489 e. The van der Waals surface area contributed by atoms with Crippen molar-refractivity contribution in [3.05, 3.63) is 23.3 Å². The smallest absolute Gasteiger partial charge is 0.478 e. The molecule has 0 atom stereocenters. The van der Waals surface area contributed by atoms with Crippen LogP contribution < -0.4 is 10.4 Å². The van der Waals surface area contributed by atoms with Crippen LogP contribution in [0.25, 0.3) is 0 Å². The van der Waals surface area contributed by atoms with Gasteiger partial charge in [-0.2, -0.15) is 0 Å². The molecule has 98 valence electrons. The Hall–Kier alpha value is -1.53. The predicted octanol–water partition coefficient (Wildman–Crippen LogP) is 0.219. The quantitative estimate of drug-likeness (QED) is 0.652. The number of carboxylic acid groups (broad SMARTS) is 1. The lowest BCUT2D eigenvalue weighted by Crippen LogP contribution is -2.37. The summed E-state index contributed by atoms with van der Waals surface area (Å²) >= 11 is 0. The zero-order valence-corrected chi connectivity index (χ0v) is 10.8. The molecule has 0 radical (unpaired) electrons. The highest BCUT2D eigenvalue weighted by atomic mass is 16.4. The van der Waals surface area contributed by atoms with Crippen LogP contribution in [0, 0.1) is 6.92 Å². The van der Waals surface area contributed by atoms with Gasteiger partial charge in [0.1, 0.15) is 0 Å². The molecule has 18 heavy (non-hydrogen) atoms. The fourth-order valence-electron chi connectivity index (χ4n) is 2.05. The molecule has 0 aliphatic carbocycles. The second-order valence-electron chi connectivity index (χ2n) is 4.10. The molecule has 5 nitrogen and oxygen atoms in total. The van der Waals surface area contributed by atoms with Gasteiger partial charge < -0.3 is 20.1 Å². The molecule has 0 saturated carbocycles. The summed E-state index contributed by atoms with van der Waals surface area (Å²) in [5, 5.41) is 27.9. The molecule has 0 saturated heterocycles. The van der Waals surface area contributed by atoms with Crippen molar-refractivity contribution in [2.24, 2.45) is 0 Å². The second-order valence-corrected chi connectivity index (χ2v) is 4.10. The number of hydrogen-bond donors (Lipinski definition) is 3. The number of aryl methyl sites for hydroxylation is 1. The van der Waals surface area contributed by atoms with Crippen molar-refractivity contribution in [3.63, 3.8) is 0 Å². The first-order valence-corrected chi connectivity index (χ1v) is 5.91. The molecule has 6 heteroatoms. The molecule has 0 fully saturated rings. The van der Waals surface area contributed by atoms with Crippen molar-refractivity contribution in [1.82, 2.24) is 0 Å². The van der Waals surface area contributed by atoms with E-state index in [0.29, 0.717) is 18.8 Å². The molecular weight excluding hydrogens is 233 g/mol. The van der Waals surface area contributed by atoms with Crippen LogP contribution in [0.5, 0.6) is 0 Å². The summed E-state index contributed by atoms with van der Waals surface area (Å²) in [6, 6.07) is 3.24. The first kappa shape index (κ1) is 14.5. The summed E-state index contributed by atoms with van der Waals surface area (Å²) in [4.78, 5) is 13.2. The van der Waals surface area contributed by atoms with Crippen molar-refractivity contribution in [3.8, 4) is 0 Å². The second kappa shape index (κ2) is 5.88. The Labute approximate surface area is 107 Å². The lowest BCUT2D eigenvalue weighted by molar-refractivity contribution is 0.0698. The Balaban J connectivity index is 3.52. The van der Waals surface area contributed by atoms with Gasteiger partial charge in [0.25, 0.3) is 0 Å². The van der Waals surface area contributed by atoms with Gasteiger partial charge in [0, 0.05) is 13.1 Å². The van der Waals surface area contributed by atoms with E-state index in [1.54, 1.807) is 13.0 Å². The normalized spacial score (nSPS) is 10.3. The summed E-state index contributed by atoms with van der Waals surface area (Å²) in [5.41, 5.74) is 1.31. The van der Waals surface area contributed by atoms with Gasteiger partial charge in [-0.3, -0.25) is 0 Å². The van der Waals surface area contributed by atoms with E-state index in [-0.39, 0.29) is 11.0 Å². The molecule has 1 rings (SSSR count). The number of benzene rings is 1. The van der Waals surface area contributed by atoms with Crippen LogP contribution in [0.4, 0.5) is 5.69 Å². The molecule has 0 unspecified atom stereocenters. The lowest BCUT2D eigenvalue weighted by Gasteiger charge is -2.25. The van der Waals surface area contributed by atoms with Gasteiger partial charge in [-0.1, -0.05) is 6.07 Å². The molecule has 0 aliphatic heterocycles. The Morgan fingerprint density at radius 1 is 1.28 bits per heavy atom. The summed E-state index contributed by atoms with van der Waals surface area (Å²) in [7, 11) is -1.79. The largest absolute Gasteiger partial charge is 0.489 e. The number of hydrogen-bond acceptors (Lipinski definition) is 4. The van der Waals surface area contributed by atoms with Crippen LogP contribution >= 0.6 is 0 Å². The monoisotopic (exact) mass is 251 g/mol. The minimum absolute atomic E-state index is 0.0319. The minimum Gasteiger partial charge on any atom is -0.478 e. The number of carboxylic acids is 1. The van der Waals surface area contributed by atoms with E-state index >= 15 is 0 Å². The predicted molar refractivity (Wildman–Crippen MR) is 71.5 cm³/mol. The molecule has 0 spiro atoms. The van der Waals surface area contributed by atoms with Crippen LogP contribution in [0.1, 0.15) is 29.8 Å². The summed E-state index contributed by atoms with van der Waals surface area (Å²) < 4.78 is 0. The Morgan fingerprint density at radius 2 is 1.83 bits per heavy atom. The third-order valence-electron chi connectivity index (χ3n) is 2.89. The van der Waals surface area contributed by atoms with Crippen LogP contribution in [-0.4, -0.2) is 41.3 Å². The molecule has 3 N–H and O–H groups in total. The van der Waals surface area contributed by atoms with Crippen molar-refractivity contribution in [1.29, 1.82) is 0 Å². The maximum absolute atomic E-state index is 11.3. The van der Waals surface area contributed by atoms with Gasteiger partial charge in [-0.15, -0.1) is 0 Å². The number of nitrogens with zero attached hydrogens (tertiary/aromatic N) is 1. The van der Waals surface area contributed by atoms with Gasteiger partial charge in [0.15, 0.2) is 0 Å². The van der Waals surface area contributed by atoms with E-state index in [0.717, 1.165) is 5.56 Å². The van der Waals surface area contributed by atoms with E-state index in [2.05, 4.69) is 0 Å². The molecule has 0 aromatic heterocycles. The van der Waals surface area contributed by atoms with Crippen molar-refractivity contribution in [2.75, 3.05) is 18.0 Å². The Bertz CT molecular complexity index is 444. The fraction of sp³-hybridized carbons (Fsp3) is 0.417. The van der Waals surface area contributed by atoms with Crippen molar-refractivity contribution < 1.29 is 19.9 Å². The average molecular weight is 251 g/mol. The zero-order chi connectivity index (χ0) is 13.9. The topological polar surface area (TPSA) is 81.0 Å². The molecule has 0 amide bonds. The van der Waals surface area contributed by atoms with E-state index in [1.807, 2.05) is 18.7 Å². The van der Waals surface area contributed by atoms with Gasteiger partial charge >= 0.3 is 13.1 Å². The van der Waals surface area contributed by atoms with Gasteiger partial charge in [0.2, 0.25) is 0 Å². The molecular formula is C12H18BNO4. The third-order valence-corrected chi connectivity index (χ3v) is 2.89. The highest BCUT2D eigenvalue weighted by Crippen LogP contribution is 2.21. The number of anilines is 1. The van der Waals surface area contributed by atoms with Crippen molar-refractivity contribution in [2.45, 2.75) is 20.8 Å². The first-order chi connectivity index (χ1) is 8.42. The zero-order valence-electron chi connectivity index (χ0n) is 10.8. The van der Waals surface area contributed by atoms with E-state index < -0.39 is 13.1 Å².